The summed E-state index contributed by atoms with van der Waals surface area (Å²) in [5.41, 5.74) is 1.78. The smallest absolute Gasteiger partial charge is 0.231 e. The monoisotopic (exact) mass is 332 g/mol. The molecule has 0 bridgehead atoms. The predicted octanol–water partition coefficient (Wildman–Crippen LogP) is 1.04. The molecule has 7 heteroatoms. The Morgan fingerprint density at radius 3 is 2.96 bits per heavy atom. The molecule has 4 rings (SSSR count). The zero-order valence-corrected chi connectivity index (χ0v) is 13.3. The van der Waals surface area contributed by atoms with Crippen molar-refractivity contribution >= 4 is 0 Å². The molecular weight excluding hydrogens is 312 g/mol. The van der Waals surface area contributed by atoms with Gasteiger partial charge < -0.3 is 29.2 Å². The summed E-state index contributed by atoms with van der Waals surface area (Å²) in [6.45, 7) is 2.25. The number of aliphatic hydroxyl groups excluding tert-OH is 1. The molecule has 0 spiro atoms. The van der Waals surface area contributed by atoms with Gasteiger partial charge in [0, 0.05) is 31.0 Å². The molecule has 24 heavy (non-hydrogen) atoms. The predicted molar refractivity (Wildman–Crippen MR) is 84.0 cm³/mol. The first kappa shape index (κ1) is 15.4. The highest BCUT2D eigenvalue weighted by molar-refractivity contribution is 5.48. The largest absolute Gasteiger partial charge is 0.454 e. The van der Waals surface area contributed by atoms with Crippen molar-refractivity contribution in [1.29, 1.82) is 0 Å². The molecule has 0 radical (unpaired) electrons. The highest BCUT2D eigenvalue weighted by atomic mass is 16.7. The summed E-state index contributed by atoms with van der Waals surface area (Å²) in [6, 6.07) is 7.80. The summed E-state index contributed by atoms with van der Waals surface area (Å²) in [5.74, 6) is 2.31. The van der Waals surface area contributed by atoms with E-state index in [1.54, 1.807) is 0 Å². The Bertz CT molecular complexity index is 711. The Labute approximate surface area is 139 Å². The molecule has 7 nitrogen and oxygen atoms in total. The first-order valence-corrected chi connectivity index (χ1v) is 8.04. The summed E-state index contributed by atoms with van der Waals surface area (Å²) in [5, 5.41) is 16.6. The minimum Gasteiger partial charge on any atom is -0.454 e. The molecule has 0 unspecified atom stereocenters. The Kier molecular flexibility index (Phi) is 4.13. The van der Waals surface area contributed by atoms with Crippen LogP contribution in [0.5, 0.6) is 11.5 Å². The van der Waals surface area contributed by atoms with E-state index in [-0.39, 0.29) is 18.9 Å². The molecule has 1 aromatic heterocycles. The van der Waals surface area contributed by atoms with Gasteiger partial charge in [-0.3, -0.25) is 0 Å². The van der Waals surface area contributed by atoms with Crippen LogP contribution in [0.3, 0.4) is 0 Å². The van der Waals surface area contributed by atoms with Gasteiger partial charge in [-0.1, -0.05) is 17.3 Å². The quantitative estimate of drug-likeness (QED) is 0.783. The second-order valence-electron chi connectivity index (χ2n) is 6.21. The molecule has 2 aromatic rings. The summed E-state index contributed by atoms with van der Waals surface area (Å²) in [6.07, 6.45) is 1.20. The van der Waals surface area contributed by atoms with Crippen LogP contribution in [-0.4, -0.2) is 42.4 Å². The van der Waals surface area contributed by atoms with Crippen molar-refractivity contribution in [2.75, 3.05) is 26.6 Å². The van der Waals surface area contributed by atoms with E-state index in [0.717, 1.165) is 22.8 Å². The second-order valence-corrected chi connectivity index (χ2v) is 6.21. The van der Waals surface area contributed by atoms with Crippen LogP contribution in [-0.2, 0) is 24.1 Å². The Hall–Kier alpha value is -2.09. The van der Waals surface area contributed by atoms with Crippen LogP contribution in [0.25, 0.3) is 0 Å². The average molecular weight is 332 g/mol. The summed E-state index contributed by atoms with van der Waals surface area (Å²) >= 11 is 0. The normalized spacial score (nSPS) is 17.7. The highest BCUT2D eigenvalue weighted by Crippen LogP contribution is 2.35. The minimum absolute atomic E-state index is 0.0579. The molecule has 0 atom stereocenters. The van der Waals surface area contributed by atoms with Crippen LogP contribution in [0.4, 0.5) is 0 Å². The number of hydrogen-bond acceptors (Lipinski definition) is 7. The zero-order chi connectivity index (χ0) is 16.4. The Morgan fingerprint density at radius 1 is 1.25 bits per heavy atom. The lowest BCUT2D eigenvalue weighted by Crippen LogP contribution is -2.61. The SMILES string of the molecule is OCCc1cc(CC2(NCc3cccc4c3OCO4)COC2)no1. The van der Waals surface area contributed by atoms with Crippen molar-refractivity contribution in [2.45, 2.75) is 24.9 Å². The van der Waals surface area contributed by atoms with Gasteiger partial charge in [0.25, 0.3) is 0 Å². The molecule has 0 aliphatic carbocycles. The number of para-hydroxylation sites is 1. The van der Waals surface area contributed by atoms with Gasteiger partial charge in [0.1, 0.15) is 5.76 Å². The molecule has 128 valence electrons. The minimum atomic E-state index is -0.157. The van der Waals surface area contributed by atoms with Gasteiger partial charge in [0.05, 0.1) is 31.1 Å². The summed E-state index contributed by atoms with van der Waals surface area (Å²) < 4.78 is 21.6. The van der Waals surface area contributed by atoms with E-state index < -0.39 is 0 Å². The number of benzene rings is 1. The number of rotatable bonds is 7. The lowest BCUT2D eigenvalue weighted by molar-refractivity contribution is -0.0756. The topological polar surface area (TPSA) is 86.0 Å². The molecule has 3 heterocycles. The standard InChI is InChI=1S/C17H20N2O5/c20-5-4-14-6-13(19-24-14)7-17(9-21-10-17)18-8-12-2-1-3-15-16(12)23-11-22-15/h1-3,6,18,20H,4-5,7-11H2. The van der Waals surface area contributed by atoms with Gasteiger partial charge in [-0.2, -0.15) is 0 Å². The first-order valence-electron chi connectivity index (χ1n) is 8.04. The van der Waals surface area contributed by atoms with Crippen molar-refractivity contribution in [3.05, 3.63) is 41.3 Å². The van der Waals surface area contributed by atoms with Gasteiger partial charge in [-0.25, -0.2) is 0 Å². The average Bonchev–Trinajstić information content (AvgIpc) is 3.19. The number of nitrogens with zero attached hydrogens (tertiary/aromatic N) is 1. The van der Waals surface area contributed by atoms with Crippen LogP contribution in [0, 0.1) is 0 Å². The van der Waals surface area contributed by atoms with Gasteiger partial charge in [-0.05, 0) is 6.07 Å². The molecule has 1 fully saturated rings. The fraction of sp³-hybridized carbons (Fsp3) is 0.471. The molecule has 1 aromatic carbocycles. The van der Waals surface area contributed by atoms with Crippen LogP contribution >= 0.6 is 0 Å². The third-order valence-electron chi connectivity index (χ3n) is 4.37. The number of nitrogens with one attached hydrogen (secondary N) is 1. The van der Waals surface area contributed by atoms with E-state index in [4.69, 9.17) is 23.8 Å². The van der Waals surface area contributed by atoms with Gasteiger partial charge in [-0.15, -0.1) is 0 Å². The maximum atomic E-state index is 8.96. The van der Waals surface area contributed by atoms with Crippen LogP contribution in [0.1, 0.15) is 17.0 Å². The second kappa shape index (κ2) is 6.43. The first-order chi connectivity index (χ1) is 11.8. The van der Waals surface area contributed by atoms with Crippen molar-refractivity contribution < 1.29 is 23.8 Å². The molecule has 1 saturated heterocycles. The third kappa shape index (κ3) is 2.98. The molecular formula is C17H20N2O5. The fourth-order valence-corrected chi connectivity index (χ4v) is 3.04. The van der Waals surface area contributed by atoms with Gasteiger partial charge in [0.15, 0.2) is 11.5 Å². The maximum Gasteiger partial charge on any atom is 0.231 e. The number of hydrogen-bond donors (Lipinski definition) is 2. The Balaban J connectivity index is 1.43. The number of aromatic nitrogens is 1. The molecule has 0 amide bonds. The van der Waals surface area contributed by atoms with Crippen molar-refractivity contribution in [3.8, 4) is 11.5 Å². The Morgan fingerprint density at radius 2 is 2.17 bits per heavy atom. The van der Waals surface area contributed by atoms with E-state index in [2.05, 4.69) is 10.5 Å². The van der Waals surface area contributed by atoms with Crippen molar-refractivity contribution in [2.24, 2.45) is 0 Å². The lowest BCUT2D eigenvalue weighted by atomic mass is 9.90. The van der Waals surface area contributed by atoms with E-state index in [9.17, 15) is 0 Å². The zero-order valence-electron chi connectivity index (χ0n) is 13.3. The molecule has 2 aliphatic rings. The maximum absolute atomic E-state index is 8.96. The van der Waals surface area contributed by atoms with E-state index in [0.29, 0.717) is 38.4 Å². The van der Waals surface area contributed by atoms with E-state index >= 15 is 0 Å². The fourth-order valence-electron chi connectivity index (χ4n) is 3.04. The molecule has 2 aliphatic heterocycles. The van der Waals surface area contributed by atoms with Crippen LogP contribution in [0.2, 0.25) is 0 Å². The third-order valence-corrected chi connectivity index (χ3v) is 4.37. The molecule has 0 saturated carbocycles. The number of fused-ring (bicyclic) bond motifs is 1. The van der Waals surface area contributed by atoms with Gasteiger partial charge >= 0.3 is 0 Å². The van der Waals surface area contributed by atoms with Crippen LogP contribution < -0.4 is 14.8 Å². The lowest BCUT2D eigenvalue weighted by Gasteiger charge is -2.42. The van der Waals surface area contributed by atoms with Crippen molar-refractivity contribution in [1.82, 2.24) is 10.5 Å². The summed E-state index contributed by atoms with van der Waals surface area (Å²) in [4.78, 5) is 0. The van der Waals surface area contributed by atoms with Crippen molar-refractivity contribution in [3.63, 3.8) is 0 Å². The number of aliphatic hydroxyl groups is 1. The summed E-state index contributed by atoms with van der Waals surface area (Å²) in [7, 11) is 0. The van der Waals surface area contributed by atoms with Crippen LogP contribution in [0.15, 0.2) is 28.8 Å². The highest BCUT2D eigenvalue weighted by Gasteiger charge is 2.39. The van der Waals surface area contributed by atoms with E-state index in [1.807, 2.05) is 24.3 Å². The molecule has 2 N–H and O–H groups in total. The van der Waals surface area contributed by atoms with Gasteiger partial charge in [0.2, 0.25) is 6.79 Å². The van der Waals surface area contributed by atoms with E-state index in [1.165, 1.54) is 0 Å². The number of ether oxygens (including phenoxy) is 3.